The van der Waals surface area contributed by atoms with Gasteiger partial charge in [0, 0.05) is 40.4 Å². The molecule has 0 bridgehead atoms. The third kappa shape index (κ3) is 21.2. The first-order valence-electron chi connectivity index (χ1n) is 13.6. The van der Waals surface area contributed by atoms with Crippen LogP contribution in [0.3, 0.4) is 0 Å². The average Bonchev–Trinajstić information content (AvgIpc) is 3.37. The van der Waals surface area contributed by atoms with Crippen molar-refractivity contribution in [3.05, 3.63) is 59.7 Å². The van der Waals surface area contributed by atoms with Gasteiger partial charge in [0.2, 0.25) is 0 Å². The lowest BCUT2D eigenvalue weighted by atomic mass is 9.98. The number of hydrogen-bond acceptors (Lipinski definition) is 16. The number of rotatable bonds is 21. The fourth-order valence-electron chi connectivity index (χ4n) is 3.44. The van der Waals surface area contributed by atoms with E-state index in [-0.39, 0.29) is 39.8 Å². The summed E-state index contributed by atoms with van der Waals surface area (Å²) in [5.74, 6) is 14.3. The van der Waals surface area contributed by atoms with Crippen molar-refractivity contribution in [3.8, 4) is 11.1 Å². The number of aliphatic hydroxyl groups excluding tert-OH is 3. The van der Waals surface area contributed by atoms with Crippen molar-refractivity contribution in [2.75, 3.05) is 80.8 Å². The lowest BCUT2D eigenvalue weighted by Crippen LogP contribution is -2.27. The topological polar surface area (TPSA) is 179 Å². The third-order valence-electron chi connectivity index (χ3n) is 5.11. The van der Waals surface area contributed by atoms with Crippen LogP contribution >= 0.6 is 64.8 Å². The van der Waals surface area contributed by atoms with Gasteiger partial charge in [-0.25, -0.2) is 16.6 Å². The molecule has 2 aromatic carbocycles. The van der Waals surface area contributed by atoms with Crippen LogP contribution in [-0.2, 0) is 19.2 Å². The number of amides is 1. The van der Waals surface area contributed by atoms with Crippen LogP contribution in [0.15, 0.2) is 48.5 Å². The van der Waals surface area contributed by atoms with Crippen molar-refractivity contribution in [1.82, 2.24) is 5.48 Å². The fourth-order valence-corrected chi connectivity index (χ4v) is 8.26. The van der Waals surface area contributed by atoms with Crippen molar-refractivity contribution in [2.24, 2.45) is 11.8 Å². The smallest absolute Gasteiger partial charge is 0.431 e. The summed E-state index contributed by atoms with van der Waals surface area (Å²) in [7, 11) is 9.71. The Labute approximate surface area is 290 Å². The van der Waals surface area contributed by atoms with E-state index in [1.165, 1.54) is 22.3 Å². The molecule has 0 spiro atoms. The molecule has 0 saturated carbocycles. The van der Waals surface area contributed by atoms with Crippen LogP contribution in [-0.4, -0.2) is 102 Å². The Morgan fingerprint density at radius 2 is 1.07 bits per heavy atom. The molecule has 0 radical (unpaired) electrons. The third-order valence-corrected chi connectivity index (χ3v) is 12.2. The van der Waals surface area contributed by atoms with Gasteiger partial charge < -0.3 is 29.7 Å². The summed E-state index contributed by atoms with van der Waals surface area (Å²) in [6.07, 6.45) is -0.583. The Hall–Kier alpha value is -0.510. The zero-order valence-corrected chi connectivity index (χ0v) is 29.3. The number of nitrogens with two attached hydrogens (primary N) is 2. The second kappa shape index (κ2) is 32.1. The summed E-state index contributed by atoms with van der Waals surface area (Å²) in [5, 5.41) is 25.3. The first-order valence-corrected chi connectivity index (χ1v) is 21.0. The molecule has 1 aliphatic rings. The predicted octanol–water partition coefficient (Wildman–Crippen LogP) is 4.97. The minimum atomic E-state index is -0.583. The van der Waals surface area contributed by atoms with E-state index in [1.807, 2.05) is 24.3 Å². The van der Waals surface area contributed by atoms with E-state index in [2.05, 4.69) is 39.4 Å². The SMILES string of the molecule is C.NOCCSSCCO.NOCCSSCCO.O=C(NOCCSSCCO)OCC1c2ccccc2-c2ccccc21. The van der Waals surface area contributed by atoms with Crippen molar-refractivity contribution < 1.29 is 39.4 Å². The zero-order valence-electron chi connectivity index (χ0n) is 24.4. The lowest BCUT2D eigenvalue weighted by Gasteiger charge is -2.14. The van der Waals surface area contributed by atoms with Crippen LogP contribution in [0, 0.1) is 0 Å². The fraction of sp³-hybridized carbons (Fsp3) is 0.536. The van der Waals surface area contributed by atoms with Gasteiger partial charge >= 0.3 is 6.09 Å². The van der Waals surface area contributed by atoms with E-state index in [1.54, 1.807) is 64.8 Å². The molecule has 2 aromatic rings. The normalized spacial score (nSPS) is 11.2. The van der Waals surface area contributed by atoms with E-state index in [9.17, 15) is 4.79 Å². The molecule has 0 saturated heterocycles. The second-order valence-electron chi connectivity index (χ2n) is 8.12. The molecular formula is C28H47N3O8S6. The molecule has 1 aliphatic carbocycles. The maximum absolute atomic E-state index is 11.9. The van der Waals surface area contributed by atoms with E-state index >= 15 is 0 Å². The van der Waals surface area contributed by atoms with Gasteiger partial charge in [0.25, 0.3) is 0 Å². The first kappa shape index (κ1) is 44.5. The van der Waals surface area contributed by atoms with E-state index in [0.29, 0.717) is 31.3 Å². The zero-order chi connectivity index (χ0) is 32.1. The number of hydroxylamine groups is 1. The van der Waals surface area contributed by atoms with Crippen molar-refractivity contribution >= 4 is 70.9 Å². The van der Waals surface area contributed by atoms with E-state index in [4.69, 9.17) is 36.7 Å². The van der Waals surface area contributed by atoms with Crippen LogP contribution in [0.25, 0.3) is 11.1 Å². The molecule has 3 rings (SSSR count). The highest BCUT2D eigenvalue weighted by Crippen LogP contribution is 2.44. The molecule has 8 N–H and O–H groups in total. The molecule has 17 heteroatoms. The van der Waals surface area contributed by atoms with Crippen LogP contribution < -0.4 is 17.3 Å². The van der Waals surface area contributed by atoms with Gasteiger partial charge in [-0.05, 0) is 22.3 Å². The number of nitrogens with one attached hydrogen (secondary N) is 1. The number of aliphatic hydroxyl groups is 3. The Bertz CT molecular complexity index is 918. The van der Waals surface area contributed by atoms with Gasteiger partial charge in [-0.2, -0.15) is 5.48 Å². The Morgan fingerprint density at radius 1 is 0.667 bits per heavy atom. The predicted molar refractivity (Wildman–Crippen MR) is 197 cm³/mol. The van der Waals surface area contributed by atoms with Gasteiger partial charge in [0.1, 0.15) is 6.61 Å². The van der Waals surface area contributed by atoms with E-state index < -0.39 is 6.09 Å². The molecule has 11 nitrogen and oxygen atoms in total. The minimum Gasteiger partial charge on any atom is -0.447 e. The summed E-state index contributed by atoms with van der Waals surface area (Å²) in [6.45, 7) is 2.43. The van der Waals surface area contributed by atoms with Gasteiger partial charge in [-0.15, -0.1) is 0 Å². The van der Waals surface area contributed by atoms with Gasteiger partial charge in [-0.3, -0.25) is 4.84 Å². The molecule has 0 heterocycles. The van der Waals surface area contributed by atoms with Crippen molar-refractivity contribution in [1.29, 1.82) is 0 Å². The number of fused-ring (bicyclic) bond motifs is 3. The quantitative estimate of drug-likeness (QED) is 0.0573. The largest absolute Gasteiger partial charge is 0.447 e. The number of carbonyl (C=O) groups excluding carboxylic acids is 1. The Balaban J connectivity index is 0.000000844. The maximum Gasteiger partial charge on any atom is 0.431 e. The number of carbonyl (C=O) groups is 1. The van der Waals surface area contributed by atoms with Crippen molar-refractivity contribution in [2.45, 2.75) is 13.3 Å². The Morgan fingerprint density at radius 3 is 1.49 bits per heavy atom. The summed E-state index contributed by atoms with van der Waals surface area (Å²) in [6, 6.07) is 16.4. The van der Waals surface area contributed by atoms with E-state index in [0.717, 1.165) is 23.0 Å². The molecule has 0 fully saturated rings. The summed E-state index contributed by atoms with van der Waals surface area (Å²) in [4.78, 5) is 25.6. The number of hydrogen-bond donors (Lipinski definition) is 6. The molecule has 0 atom stereocenters. The molecule has 0 aliphatic heterocycles. The molecule has 0 unspecified atom stereocenters. The summed E-state index contributed by atoms with van der Waals surface area (Å²) < 4.78 is 5.36. The van der Waals surface area contributed by atoms with Crippen LogP contribution in [0.2, 0.25) is 0 Å². The molecule has 0 aromatic heterocycles. The molecule has 258 valence electrons. The van der Waals surface area contributed by atoms with Crippen LogP contribution in [0.1, 0.15) is 24.5 Å². The number of benzene rings is 2. The summed E-state index contributed by atoms with van der Waals surface area (Å²) in [5.41, 5.74) is 7.07. The lowest BCUT2D eigenvalue weighted by molar-refractivity contribution is 0.0348. The monoisotopic (exact) mass is 745 g/mol. The molecule has 1 amide bonds. The molecule has 45 heavy (non-hydrogen) atoms. The summed E-state index contributed by atoms with van der Waals surface area (Å²) >= 11 is 0. The average molecular weight is 746 g/mol. The number of ether oxygens (including phenoxy) is 1. The standard InChI is InChI=1S/C19H21NO4S2.2C4H11NO2S2.CH4/c21-9-11-25-26-12-10-24-20-19(22)23-13-18-16-7-3-1-5-14(16)15-6-2-4-8-17(15)18;2*5-7-2-4-9-8-3-1-6;/h1-8,18,21H,9-13H2,(H,20,22);2*6H,1-5H2;1H4. The Kier molecular flexibility index (Phi) is 31.7. The van der Waals surface area contributed by atoms with Crippen LogP contribution in [0.5, 0.6) is 0 Å². The highest BCUT2D eigenvalue weighted by molar-refractivity contribution is 8.77. The highest BCUT2D eigenvalue weighted by Gasteiger charge is 2.28. The van der Waals surface area contributed by atoms with Crippen molar-refractivity contribution in [3.63, 3.8) is 0 Å². The first-order chi connectivity index (χ1) is 21.6. The van der Waals surface area contributed by atoms with Crippen LogP contribution in [0.4, 0.5) is 4.79 Å². The second-order valence-corrected chi connectivity index (χ2v) is 16.2. The molecular weight excluding hydrogens is 699 g/mol. The van der Waals surface area contributed by atoms with Gasteiger partial charge in [-0.1, -0.05) is 121 Å². The maximum atomic E-state index is 11.9. The minimum absolute atomic E-state index is 0. The highest BCUT2D eigenvalue weighted by atomic mass is 33.1. The van der Waals surface area contributed by atoms with Gasteiger partial charge in [0.05, 0.1) is 39.6 Å². The van der Waals surface area contributed by atoms with Gasteiger partial charge in [0.15, 0.2) is 0 Å².